The van der Waals surface area contributed by atoms with Crippen LogP contribution in [0.4, 0.5) is 17.1 Å². The fourth-order valence-corrected chi connectivity index (χ4v) is 4.17. The van der Waals surface area contributed by atoms with Crippen molar-refractivity contribution in [2.24, 2.45) is 5.10 Å². The Bertz CT molecular complexity index is 1110. The van der Waals surface area contributed by atoms with Gasteiger partial charge in [0.15, 0.2) is 0 Å². The third-order valence-electron chi connectivity index (χ3n) is 4.69. The molecule has 3 aromatic rings. The molecular formula is C23H25ClN4O2S. The number of rotatable bonds is 9. The molecule has 3 aromatic carbocycles. The molecule has 0 bridgehead atoms. The van der Waals surface area contributed by atoms with Gasteiger partial charge >= 0.3 is 0 Å². The predicted octanol–water partition coefficient (Wildman–Crippen LogP) is 5.43. The molecule has 3 rings (SSSR count). The minimum atomic E-state index is -3.67. The van der Waals surface area contributed by atoms with Gasteiger partial charge in [-0.2, -0.15) is 5.10 Å². The van der Waals surface area contributed by atoms with Crippen LogP contribution < -0.4 is 15.0 Å². The minimum Gasteiger partial charge on any atom is -0.372 e. The van der Waals surface area contributed by atoms with E-state index < -0.39 is 10.0 Å². The van der Waals surface area contributed by atoms with Crippen LogP contribution in [0, 0.1) is 0 Å². The molecule has 0 aliphatic heterocycles. The molecule has 0 atom stereocenters. The van der Waals surface area contributed by atoms with Crippen LogP contribution >= 0.6 is 11.6 Å². The lowest BCUT2D eigenvalue weighted by atomic mass is 10.2. The number of hydrogen-bond acceptors (Lipinski definition) is 5. The van der Waals surface area contributed by atoms with Gasteiger partial charge in [0.05, 0.1) is 16.8 Å². The zero-order valence-electron chi connectivity index (χ0n) is 17.4. The molecule has 0 aliphatic rings. The maximum absolute atomic E-state index is 12.4. The van der Waals surface area contributed by atoms with E-state index in [-0.39, 0.29) is 4.90 Å². The van der Waals surface area contributed by atoms with Crippen molar-refractivity contribution in [2.75, 3.05) is 28.1 Å². The van der Waals surface area contributed by atoms with Crippen molar-refractivity contribution in [3.63, 3.8) is 0 Å². The summed E-state index contributed by atoms with van der Waals surface area (Å²) >= 11 is 5.82. The molecule has 0 aromatic heterocycles. The Morgan fingerprint density at radius 1 is 0.871 bits per heavy atom. The fraction of sp³-hybridized carbons (Fsp3) is 0.174. The van der Waals surface area contributed by atoms with Gasteiger partial charge in [0.2, 0.25) is 0 Å². The molecule has 0 saturated heterocycles. The lowest BCUT2D eigenvalue weighted by Crippen LogP contribution is -2.21. The fourth-order valence-electron chi connectivity index (χ4n) is 2.98. The van der Waals surface area contributed by atoms with Gasteiger partial charge < -0.3 is 4.90 Å². The van der Waals surface area contributed by atoms with E-state index in [9.17, 15) is 8.42 Å². The van der Waals surface area contributed by atoms with E-state index in [1.807, 2.05) is 12.1 Å². The highest BCUT2D eigenvalue weighted by molar-refractivity contribution is 7.92. The van der Waals surface area contributed by atoms with Gasteiger partial charge in [0.25, 0.3) is 10.0 Å². The summed E-state index contributed by atoms with van der Waals surface area (Å²) in [4.78, 5) is 2.43. The number of benzene rings is 3. The number of anilines is 3. The van der Waals surface area contributed by atoms with Gasteiger partial charge in [0.1, 0.15) is 0 Å². The molecule has 0 fully saturated rings. The minimum absolute atomic E-state index is 0.149. The molecule has 0 saturated carbocycles. The zero-order valence-corrected chi connectivity index (χ0v) is 19.0. The van der Waals surface area contributed by atoms with Crippen molar-refractivity contribution >= 4 is 44.9 Å². The largest absolute Gasteiger partial charge is 0.372 e. The number of nitrogens with zero attached hydrogens (tertiary/aromatic N) is 2. The number of hydrazone groups is 1. The van der Waals surface area contributed by atoms with Crippen LogP contribution in [0.1, 0.15) is 19.4 Å². The average Bonchev–Trinajstić information content (AvgIpc) is 2.77. The lowest BCUT2D eigenvalue weighted by Gasteiger charge is -2.20. The van der Waals surface area contributed by atoms with E-state index >= 15 is 0 Å². The molecule has 0 unspecified atom stereocenters. The van der Waals surface area contributed by atoms with Gasteiger partial charge in [0, 0.05) is 29.5 Å². The first kappa shape index (κ1) is 22.7. The van der Waals surface area contributed by atoms with Crippen LogP contribution in [-0.4, -0.2) is 27.7 Å². The van der Waals surface area contributed by atoms with E-state index in [0.29, 0.717) is 10.7 Å². The first-order valence-corrected chi connectivity index (χ1v) is 11.8. The van der Waals surface area contributed by atoms with E-state index in [1.165, 1.54) is 30.0 Å². The first-order chi connectivity index (χ1) is 14.9. The number of halogens is 1. The van der Waals surface area contributed by atoms with Gasteiger partial charge in [-0.25, -0.2) is 8.42 Å². The van der Waals surface area contributed by atoms with E-state index in [2.05, 4.69) is 46.1 Å². The Labute approximate surface area is 188 Å². The quantitative estimate of drug-likeness (QED) is 0.332. The number of sulfonamides is 1. The average molecular weight is 457 g/mol. The second kappa shape index (κ2) is 10.3. The SMILES string of the molecule is CCN(CC)c1ccc(/C=N/Nc2ccc(NS(=O)(=O)c3ccc(Cl)cc3)cc2)cc1. The van der Waals surface area contributed by atoms with Crippen LogP contribution in [0.2, 0.25) is 5.02 Å². The summed E-state index contributed by atoms with van der Waals surface area (Å²) in [5.74, 6) is 0. The van der Waals surface area contributed by atoms with Crippen LogP contribution in [-0.2, 0) is 10.0 Å². The van der Waals surface area contributed by atoms with Crippen molar-refractivity contribution in [1.82, 2.24) is 0 Å². The van der Waals surface area contributed by atoms with Crippen LogP contribution in [0.15, 0.2) is 82.8 Å². The van der Waals surface area contributed by atoms with Gasteiger partial charge in [-0.15, -0.1) is 0 Å². The highest BCUT2D eigenvalue weighted by Crippen LogP contribution is 2.20. The van der Waals surface area contributed by atoms with Crippen LogP contribution in [0.5, 0.6) is 0 Å². The molecule has 0 aliphatic carbocycles. The molecule has 162 valence electrons. The van der Waals surface area contributed by atoms with Crippen LogP contribution in [0.3, 0.4) is 0 Å². The summed E-state index contributed by atoms with van der Waals surface area (Å²) in [5.41, 5.74) is 6.31. The summed E-state index contributed by atoms with van der Waals surface area (Å²) in [5, 5.41) is 4.73. The molecule has 0 radical (unpaired) electrons. The van der Waals surface area contributed by atoms with E-state index in [0.717, 1.165) is 24.3 Å². The Kier molecular flexibility index (Phi) is 7.55. The van der Waals surface area contributed by atoms with Gasteiger partial charge in [-0.1, -0.05) is 23.7 Å². The summed E-state index contributed by atoms with van der Waals surface area (Å²) in [6.07, 6.45) is 1.74. The predicted molar refractivity (Wildman–Crippen MR) is 130 cm³/mol. The standard InChI is InChI=1S/C23H25ClN4O2S/c1-3-28(4-2)22-13-5-18(6-14-22)17-25-26-20-9-11-21(12-10-20)27-31(29,30)23-15-7-19(24)8-16-23/h5-17,26-27H,3-4H2,1-2H3/b25-17+. The van der Waals surface area contributed by atoms with Crippen LogP contribution in [0.25, 0.3) is 0 Å². The zero-order chi connectivity index (χ0) is 22.3. The van der Waals surface area contributed by atoms with Gasteiger partial charge in [-0.3, -0.25) is 10.1 Å². The second-order valence-electron chi connectivity index (χ2n) is 6.77. The van der Waals surface area contributed by atoms with E-state index in [1.54, 1.807) is 30.5 Å². The Morgan fingerprint density at radius 3 is 2.03 bits per heavy atom. The highest BCUT2D eigenvalue weighted by atomic mass is 35.5. The second-order valence-corrected chi connectivity index (χ2v) is 8.89. The Morgan fingerprint density at radius 2 is 1.45 bits per heavy atom. The van der Waals surface area contributed by atoms with Crippen molar-refractivity contribution in [2.45, 2.75) is 18.7 Å². The first-order valence-electron chi connectivity index (χ1n) is 9.94. The maximum Gasteiger partial charge on any atom is 0.261 e. The monoisotopic (exact) mass is 456 g/mol. The molecule has 0 amide bonds. The van der Waals surface area contributed by atoms with Crippen molar-refractivity contribution < 1.29 is 8.42 Å². The van der Waals surface area contributed by atoms with Gasteiger partial charge in [-0.05, 0) is 80.1 Å². The summed E-state index contributed by atoms with van der Waals surface area (Å²) < 4.78 is 27.4. The van der Waals surface area contributed by atoms with Crippen molar-refractivity contribution in [3.05, 3.63) is 83.4 Å². The molecule has 8 heteroatoms. The third kappa shape index (κ3) is 6.23. The Hall–Kier alpha value is -3.03. The molecule has 31 heavy (non-hydrogen) atoms. The van der Waals surface area contributed by atoms with Crippen molar-refractivity contribution in [1.29, 1.82) is 0 Å². The van der Waals surface area contributed by atoms with Crippen molar-refractivity contribution in [3.8, 4) is 0 Å². The molecular weight excluding hydrogens is 432 g/mol. The topological polar surface area (TPSA) is 73.8 Å². The van der Waals surface area contributed by atoms with E-state index in [4.69, 9.17) is 11.6 Å². The smallest absolute Gasteiger partial charge is 0.261 e. The maximum atomic E-state index is 12.4. The highest BCUT2D eigenvalue weighted by Gasteiger charge is 2.13. The molecule has 0 heterocycles. The number of nitrogens with one attached hydrogen (secondary N) is 2. The third-order valence-corrected chi connectivity index (χ3v) is 6.34. The molecule has 0 spiro atoms. The number of hydrogen-bond donors (Lipinski definition) is 2. The Balaban J connectivity index is 1.58. The summed E-state index contributed by atoms with van der Waals surface area (Å²) in [7, 11) is -3.67. The molecule has 6 nitrogen and oxygen atoms in total. The lowest BCUT2D eigenvalue weighted by molar-refractivity contribution is 0.601. The summed E-state index contributed by atoms with van der Waals surface area (Å²) in [6, 6.07) is 21.0. The molecule has 2 N–H and O–H groups in total. The summed E-state index contributed by atoms with van der Waals surface area (Å²) in [6.45, 7) is 6.21. The normalized spacial score (nSPS) is 11.5.